The second kappa shape index (κ2) is 5.96. The molecule has 0 spiro atoms. The van der Waals surface area contributed by atoms with E-state index < -0.39 is 5.60 Å². The molecule has 2 rings (SSSR count). The van der Waals surface area contributed by atoms with Crippen LogP contribution in [0.15, 0.2) is 18.2 Å². The third-order valence-electron chi connectivity index (χ3n) is 3.39. The van der Waals surface area contributed by atoms with Gasteiger partial charge in [-0.1, -0.05) is 26.0 Å². The molecule has 0 N–H and O–H groups in total. The summed E-state index contributed by atoms with van der Waals surface area (Å²) in [6.45, 7) is 11.5. The van der Waals surface area contributed by atoms with E-state index in [1.54, 1.807) is 4.90 Å². The summed E-state index contributed by atoms with van der Waals surface area (Å²) in [5.41, 5.74) is 1.80. The number of ether oxygens (including phenoxy) is 2. The van der Waals surface area contributed by atoms with Crippen molar-refractivity contribution in [2.24, 2.45) is 0 Å². The van der Waals surface area contributed by atoms with Crippen molar-refractivity contribution >= 4 is 6.09 Å². The van der Waals surface area contributed by atoms with Gasteiger partial charge in [0.25, 0.3) is 0 Å². The minimum absolute atomic E-state index is 0.285. The van der Waals surface area contributed by atoms with Crippen LogP contribution in [0.3, 0.4) is 0 Å². The molecule has 1 aromatic carbocycles. The lowest BCUT2D eigenvalue weighted by molar-refractivity contribution is 0.0225. The number of rotatable bonds is 1. The van der Waals surface area contributed by atoms with Crippen LogP contribution >= 0.6 is 0 Å². The first-order chi connectivity index (χ1) is 9.76. The lowest BCUT2D eigenvalue weighted by Gasteiger charge is -2.26. The molecule has 1 amide bonds. The van der Waals surface area contributed by atoms with Gasteiger partial charge in [-0.2, -0.15) is 0 Å². The predicted molar refractivity (Wildman–Crippen MR) is 82.7 cm³/mol. The smallest absolute Gasteiger partial charge is 0.410 e. The van der Waals surface area contributed by atoms with E-state index in [2.05, 4.69) is 26.0 Å². The average molecular weight is 291 g/mol. The van der Waals surface area contributed by atoms with E-state index in [-0.39, 0.29) is 6.09 Å². The van der Waals surface area contributed by atoms with Crippen molar-refractivity contribution < 1.29 is 14.3 Å². The zero-order valence-corrected chi connectivity index (χ0v) is 13.6. The molecule has 1 aromatic rings. The van der Waals surface area contributed by atoms with Crippen LogP contribution in [0.2, 0.25) is 0 Å². The third-order valence-corrected chi connectivity index (χ3v) is 3.39. The zero-order valence-electron chi connectivity index (χ0n) is 13.6. The van der Waals surface area contributed by atoms with Crippen LogP contribution < -0.4 is 4.74 Å². The van der Waals surface area contributed by atoms with E-state index in [9.17, 15) is 4.79 Å². The fraction of sp³-hybridized carbons (Fsp3) is 0.588. The SMILES string of the molecule is CC(C)c1ccc2c(c1)OCCN(C(=O)OC(C)(C)C)C2. The van der Waals surface area contributed by atoms with Gasteiger partial charge < -0.3 is 14.4 Å². The zero-order chi connectivity index (χ0) is 15.6. The van der Waals surface area contributed by atoms with Crippen LogP contribution in [0.5, 0.6) is 5.75 Å². The van der Waals surface area contributed by atoms with Crippen molar-refractivity contribution in [3.05, 3.63) is 29.3 Å². The Morgan fingerprint density at radius 1 is 1.33 bits per heavy atom. The standard InChI is InChI=1S/C17H25NO3/c1-12(2)13-6-7-14-11-18(8-9-20-15(14)10-13)16(19)21-17(3,4)5/h6-7,10,12H,8-9,11H2,1-5H3. The Morgan fingerprint density at radius 3 is 2.67 bits per heavy atom. The van der Waals surface area contributed by atoms with Gasteiger partial charge in [0.15, 0.2) is 0 Å². The Labute approximate surface area is 127 Å². The number of carbonyl (C=O) groups excluding carboxylic acids is 1. The summed E-state index contributed by atoms with van der Waals surface area (Å²) in [6.07, 6.45) is -0.285. The Balaban J connectivity index is 2.16. The Hall–Kier alpha value is -1.71. The van der Waals surface area contributed by atoms with Gasteiger partial charge in [-0.25, -0.2) is 4.79 Å². The number of fused-ring (bicyclic) bond motifs is 1. The summed E-state index contributed by atoms with van der Waals surface area (Å²) >= 11 is 0. The first-order valence-corrected chi connectivity index (χ1v) is 7.50. The maximum Gasteiger partial charge on any atom is 0.410 e. The van der Waals surface area contributed by atoms with Crippen LogP contribution in [0.4, 0.5) is 4.79 Å². The van der Waals surface area contributed by atoms with Crippen molar-refractivity contribution in [1.29, 1.82) is 0 Å². The summed E-state index contributed by atoms with van der Waals surface area (Å²) < 4.78 is 11.2. The highest BCUT2D eigenvalue weighted by molar-refractivity contribution is 5.68. The number of nitrogens with zero attached hydrogens (tertiary/aromatic N) is 1. The molecular weight excluding hydrogens is 266 g/mol. The van der Waals surface area contributed by atoms with Gasteiger partial charge in [0.05, 0.1) is 13.1 Å². The molecule has 0 aliphatic carbocycles. The molecule has 4 heteroatoms. The van der Waals surface area contributed by atoms with Crippen LogP contribution in [0.1, 0.15) is 51.7 Å². The molecule has 4 nitrogen and oxygen atoms in total. The van der Waals surface area contributed by atoms with Crippen LogP contribution in [-0.2, 0) is 11.3 Å². The number of hydrogen-bond donors (Lipinski definition) is 0. The van der Waals surface area contributed by atoms with Gasteiger partial charge >= 0.3 is 6.09 Å². The van der Waals surface area contributed by atoms with Gasteiger partial charge in [-0.3, -0.25) is 0 Å². The molecule has 1 heterocycles. The molecule has 0 atom stereocenters. The summed E-state index contributed by atoms with van der Waals surface area (Å²) in [5.74, 6) is 1.34. The molecular formula is C17H25NO3. The summed E-state index contributed by atoms with van der Waals surface area (Å²) in [4.78, 5) is 13.9. The van der Waals surface area contributed by atoms with Gasteiger partial charge in [0, 0.05) is 5.56 Å². The monoisotopic (exact) mass is 291 g/mol. The highest BCUT2D eigenvalue weighted by Crippen LogP contribution is 2.28. The Kier molecular flexibility index (Phi) is 4.45. The van der Waals surface area contributed by atoms with E-state index in [0.29, 0.717) is 25.6 Å². The van der Waals surface area contributed by atoms with Crippen molar-refractivity contribution in [3.63, 3.8) is 0 Å². The molecule has 0 unspecified atom stereocenters. The van der Waals surface area contributed by atoms with Gasteiger partial charge in [0.1, 0.15) is 18.0 Å². The van der Waals surface area contributed by atoms with Crippen molar-refractivity contribution in [2.75, 3.05) is 13.2 Å². The second-order valence-electron chi connectivity index (χ2n) is 6.77. The van der Waals surface area contributed by atoms with Crippen molar-refractivity contribution in [1.82, 2.24) is 4.90 Å². The third kappa shape index (κ3) is 4.13. The fourth-order valence-electron chi connectivity index (χ4n) is 2.23. The highest BCUT2D eigenvalue weighted by Gasteiger charge is 2.25. The van der Waals surface area contributed by atoms with Gasteiger partial charge in [-0.05, 0) is 38.3 Å². The molecule has 0 fully saturated rings. The normalized spacial score (nSPS) is 15.2. The van der Waals surface area contributed by atoms with Crippen LogP contribution in [0, 0.1) is 0 Å². The number of amides is 1. The lowest BCUT2D eigenvalue weighted by atomic mass is 10.0. The molecule has 0 saturated carbocycles. The minimum atomic E-state index is -0.478. The topological polar surface area (TPSA) is 38.8 Å². The lowest BCUT2D eigenvalue weighted by Crippen LogP contribution is -2.37. The molecule has 1 aliphatic heterocycles. The second-order valence-corrected chi connectivity index (χ2v) is 6.77. The van der Waals surface area contributed by atoms with Crippen molar-refractivity contribution in [3.8, 4) is 5.75 Å². The van der Waals surface area contributed by atoms with E-state index in [4.69, 9.17) is 9.47 Å². The summed E-state index contributed by atoms with van der Waals surface area (Å²) in [7, 11) is 0. The van der Waals surface area contributed by atoms with Crippen LogP contribution in [0.25, 0.3) is 0 Å². The quantitative estimate of drug-likeness (QED) is 0.786. The molecule has 116 valence electrons. The van der Waals surface area contributed by atoms with Gasteiger partial charge in [0.2, 0.25) is 0 Å². The molecule has 0 saturated heterocycles. The van der Waals surface area contributed by atoms with Crippen LogP contribution in [-0.4, -0.2) is 29.7 Å². The molecule has 0 aromatic heterocycles. The van der Waals surface area contributed by atoms with E-state index in [1.165, 1.54) is 5.56 Å². The average Bonchev–Trinajstić information content (AvgIpc) is 2.57. The van der Waals surface area contributed by atoms with E-state index >= 15 is 0 Å². The molecule has 21 heavy (non-hydrogen) atoms. The van der Waals surface area contributed by atoms with E-state index in [0.717, 1.165) is 11.3 Å². The summed E-state index contributed by atoms with van der Waals surface area (Å²) in [6, 6.07) is 6.23. The largest absolute Gasteiger partial charge is 0.491 e. The highest BCUT2D eigenvalue weighted by atomic mass is 16.6. The van der Waals surface area contributed by atoms with E-state index in [1.807, 2.05) is 26.8 Å². The number of carbonyl (C=O) groups is 1. The Bertz CT molecular complexity index is 517. The van der Waals surface area contributed by atoms with Gasteiger partial charge in [-0.15, -0.1) is 0 Å². The number of hydrogen-bond acceptors (Lipinski definition) is 3. The number of benzene rings is 1. The first kappa shape index (κ1) is 15.7. The first-order valence-electron chi connectivity index (χ1n) is 7.50. The predicted octanol–water partition coefficient (Wildman–Crippen LogP) is 3.94. The minimum Gasteiger partial charge on any atom is -0.491 e. The van der Waals surface area contributed by atoms with Crippen molar-refractivity contribution in [2.45, 2.75) is 52.7 Å². The molecule has 0 radical (unpaired) electrons. The maximum atomic E-state index is 12.2. The maximum absolute atomic E-state index is 12.2. The summed E-state index contributed by atoms with van der Waals surface area (Å²) in [5, 5.41) is 0. The Morgan fingerprint density at radius 2 is 2.05 bits per heavy atom. The fourth-order valence-corrected chi connectivity index (χ4v) is 2.23. The molecule has 1 aliphatic rings. The molecule has 0 bridgehead atoms.